The Morgan fingerprint density at radius 2 is 1.95 bits per heavy atom. The maximum atomic E-state index is 4.21. The molecule has 0 aliphatic rings. The maximum Gasteiger partial charge on any atom is 0.135 e. The van der Waals surface area contributed by atoms with Gasteiger partial charge < -0.3 is 10.6 Å². The van der Waals surface area contributed by atoms with Crippen LogP contribution in [0.15, 0.2) is 49.1 Å². The predicted molar refractivity (Wildman–Crippen MR) is 76.6 cm³/mol. The summed E-state index contributed by atoms with van der Waals surface area (Å²) in [5, 5.41) is 8.50. The summed E-state index contributed by atoms with van der Waals surface area (Å²) in [6.45, 7) is 0. The van der Waals surface area contributed by atoms with E-state index in [2.05, 4.69) is 25.6 Å². The standard InChI is InChI=1S/C14H13N5/c1-15-13-7-14(18-9-17-13)19-12-4-2-3-10-8-16-6-5-11(10)12/h2-9H,1H3,(H2,15,17,18,19). The molecule has 0 saturated heterocycles. The first-order valence-corrected chi connectivity index (χ1v) is 5.96. The fourth-order valence-corrected chi connectivity index (χ4v) is 1.93. The van der Waals surface area contributed by atoms with Gasteiger partial charge in [0.05, 0.1) is 0 Å². The van der Waals surface area contributed by atoms with Crippen LogP contribution < -0.4 is 10.6 Å². The van der Waals surface area contributed by atoms with Gasteiger partial charge in [0, 0.05) is 42.0 Å². The Morgan fingerprint density at radius 3 is 2.84 bits per heavy atom. The number of nitrogens with zero attached hydrogens (tertiary/aromatic N) is 3. The molecule has 0 spiro atoms. The van der Waals surface area contributed by atoms with E-state index in [4.69, 9.17) is 0 Å². The van der Waals surface area contributed by atoms with Crippen molar-refractivity contribution >= 4 is 28.1 Å². The van der Waals surface area contributed by atoms with Crippen LogP contribution in [0.5, 0.6) is 0 Å². The lowest BCUT2D eigenvalue weighted by molar-refractivity contribution is 1.16. The summed E-state index contributed by atoms with van der Waals surface area (Å²) in [6.07, 6.45) is 5.16. The molecule has 2 N–H and O–H groups in total. The molecule has 19 heavy (non-hydrogen) atoms. The first-order chi connectivity index (χ1) is 9.36. The number of benzene rings is 1. The Bertz CT molecular complexity index is 706. The minimum atomic E-state index is 0.753. The van der Waals surface area contributed by atoms with Crippen LogP contribution in [0.3, 0.4) is 0 Å². The molecular weight excluding hydrogens is 238 g/mol. The van der Waals surface area contributed by atoms with E-state index in [1.54, 1.807) is 6.20 Å². The van der Waals surface area contributed by atoms with Gasteiger partial charge in [-0.3, -0.25) is 4.98 Å². The van der Waals surface area contributed by atoms with E-state index in [1.165, 1.54) is 6.33 Å². The van der Waals surface area contributed by atoms with E-state index in [9.17, 15) is 0 Å². The average Bonchev–Trinajstić information content (AvgIpc) is 2.48. The molecule has 1 aromatic carbocycles. The van der Waals surface area contributed by atoms with Gasteiger partial charge in [0.25, 0.3) is 0 Å². The van der Waals surface area contributed by atoms with Gasteiger partial charge in [-0.25, -0.2) is 9.97 Å². The first-order valence-electron chi connectivity index (χ1n) is 5.96. The molecule has 0 amide bonds. The first kappa shape index (κ1) is 11.4. The van der Waals surface area contributed by atoms with Gasteiger partial charge in [0.1, 0.15) is 18.0 Å². The number of hydrogen-bond acceptors (Lipinski definition) is 5. The molecule has 0 atom stereocenters. The zero-order valence-electron chi connectivity index (χ0n) is 10.5. The van der Waals surface area contributed by atoms with Crippen molar-refractivity contribution in [3.05, 3.63) is 49.1 Å². The lowest BCUT2D eigenvalue weighted by Gasteiger charge is -2.09. The van der Waals surface area contributed by atoms with E-state index in [0.717, 1.165) is 28.1 Å². The van der Waals surface area contributed by atoms with Crippen LogP contribution in [0, 0.1) is 0 Å². The maximum absolute atomic E-state index is 4.21. The Balaban J connectivity index is 2.01. The van der Waals surface area contributed by atoms with Gasteiger partial charge in [-0.1, -0.05) is 12.1 Å². The van der Waals surface area contributed by atoms with Crippen molar-refractivity contribution < 1.29 is 0 Å². The summed E-state index contributed by atoms with van der Waals surface area (Å²) in [6, 6.07) is 9.89. The highest BCUT2D eigenvalue weighted by molar-refractivity contribution is 5.94. The molecule has 0 unspecified atom stereocenters. The predicted octanol–water partition coefficient (Wildman–Crippen LogP) is 2.81. The molecule has 94 valence electrons. The number of pyridine rings is 1. The van der Waals surface area contributed by atoms with Crippen molar-refractivity contribution in [2.75, 3.05) is 17.7 Å². The quantitative estimate of drug-likeness (QED) is 0.749. The molecule has 3 rings (SSSR count). The normalized spacial score (nSPS) is 10.4. The topological polar surface area (TPSA) is 62.7 Å². The second-order valence-corrected chi connectivity index (χ2v) is 4.07. The Labute approximate surface area is 110 Å². The Hall–Kier alpha value is -2.69. The highest BCUT2D eigenvalue weighted by atomic mass is 15.1. The van der Waals surface area contributed by atoms with Crippen LogP contribution >= 0.6 is 0 Å². The molecule has 3 aromatic rings. The largest absolute Gasteiger partial charge is 0.373 e. The Kier molecular flexibility index (Phi) is 2.94. The molecular formula is C14H13N5. The highest BCUT2D eigenvalue weighted by Gasteiger charge is 2.02. The van der Waals surface area contributed by atoms with Crippen molar-refractivity contribution in [3.8, 4) is 0 Å². The van der Waals surface area contributed by atoms with Crippen molar-refractivity contribution in [2.24, 2.45) is 0 Å². The molecule has 0 aliphatic heterocycles. The highest BCUT2D eigenvalue weighted by Crippen LogP contribution is 2.25. The van der Waals surface area contributed by atoms with E-state index in [0.29, 0.717) is 0 Å². The molecule has 0 bridgehead atoms. The molecule has 0 fully saturated rings. The minimum Gasteiger partial charge on any atom is -0.373 e. The van der Waals surface area contributed by atoms with Gasteiger partial charge >= 0.3 is 0 Å². The number of hydrogen-bond donors (Lipinski definition) is 2. The van der Waals surface area contributed by atoms with Crippen LogP contribution in [0.1, 0.15) is 0 Å². The lowest BCUT2D eigenvalue weighted by Crippen LogP contribution is -1.98. The third-order valence-electron chi connectivity index (χ3n) is 2.87. The fourth-order valence-electron chi connectivity index (χ4n) is 1.93. The van der Waals surface area contributed by atoms with Crippen molar-refractivity contribution in [3.63, 3.8) is 0 Å². The van der Waals surface area contributed by atoms with Crippen LogP contribution in [0.25, 0.3) is 10.8 Å². The number of rotatable bonds is 3. The van der Waals surface area contributed by atoms with E-state index in [-0.39, 0.29) is 0 Å². The summed E-state index contributed by atoms with van der Waals surface area (Å²) >= 11 is 0. The monoisotopic (exact) mass is 251 g/mol. The molecule has 0 radical (unpaired) electrons. The zero-order valence-corrected chi connectivity index (χ0v) is 10.5. The molecule has 0 aliphatic carbocycles. The molecule has 2 heterocycles. The summed E-state index contributed by atoms with van der Waals surface area (Å²) in [5.41, 5.74) is 1.00. The second kappa shape index (κ2) is 4.89. The van der Waals surface area contributed by atoms with E-state index >= 15 is 0 Å². The third kappa shape index (κ3) is 2.30. The smallest absolute Gasteiger partial charge is 0.135 e. The molecule has 5 nitrogen and oxygen atoms in total. The van der Waals surface area contributed by atoms with Crippen molar-refractivity contribution in [2.45, 2.75) is 0 Å². The van der Waals surface area contributed by atoms with Crippen molar-refractivity contribution in [1.82, 2.24) is 15.0 Å². The van der Waals surface area contributed by atoms with E-state index in [1.807, 2.05) is 43.6 Å². The van der Waals surface area contributed by atoms with Gasteiger partial charge in [0.15, 0.2) is 0 Å². The number of anilines is 3. The van der Waals surface area contributed by atoms with Crippen molar-refractivity contribution in [1.29, 1.82) is 0 Å². The minimum absolute atomic E-state index is 0.753. The van der Waals surface area contributed by atoms with Crippen LogP contribution in [0.2, 0.25) is 0 Å². The summed E-state index contributed by atoms with van der Waals surface area (Å²) in [7, 11) is 1.83. The molecule has 2 aromatic heterocycles. The molecule has 0 saturated carbocycles. The van der Waals surface area contributed by atoms with Crippen LogP contribution in [-0.2, 0) is 0 Å². The molecule has 5 heteroatoms. The summed E-state index contributed by atoms with van der Waals surface area (Å²) in [4.78, 5) is 12.4. The number of nitrogens with one attached hydrogen (secondary N) is 2. The summed E-state index contributed by atoms with van der Waals surface area (Å²) < 4.78 is 0. The number of fused-ring (bicyclic) bond motifs is 1. The van der Waals surface area contributed by atoms with E-state index < -0.39 is 0 Å². The SMILES string of the molecule is CNc1cc(Nc2cccc3cnccc23)ncn1. The van der Waals surface area contributed by atoms with Crippen LogP contribution in [-0.4, -0.2) is 22.0 Å². The van der Waals surface area contributed by atoms with Crippen LogP contribution in [0.4, 0.5) is 17.3 Å². The van der Waals surface area contributed by atoms with Gasteiger partial charge in [-0.2, -0.15) is 0 Å². The van der Waals surface area contributed by atoms with Gasteiger partial charge in [0.2, 0.25) is 0 Å². The fraction of sp³-hybridized carbons (Fsp3) is 0.0714. The average molecular weight is 251 g/mol. The Morgan fingerprint density at radius 1 is 1.05 bits per heavy atom. The second-order valence-electron chi connectivity index (χ2n) is 4.07. The summed E-state index contributed by atoms with van der Waals surface area (Å²) in [5.74, 6) is 1.53. The number of aromatic nitrogens is 3. The zero-order chi connectivity index (χ0) is 13.1. The third-order valence-corrected chi connectivity index (χ3v) is 2.87. The van der Waals surface area contributed by atoms with Gasteiger partial charge in [-0.05, 0) is 12.1 Å². The lowest BCUT2D eigenvalue weighted by atomic mass is 10.1. The van der Waals surface area contributed by atoms with Gasteiger partial charge in [-0.15, -0.1) is 0 Å².